The van der Waals surface area contributed by atoms with Crippen molar-refractivity contribution in [2.75, 3.05) is 13.1 Å². The van der Waals surface area contributed by atoms with E-state index in [-0.39, 0.29) is 5.82 Å². The summed E-state index contributed by atoms with van der Waals surface area (Å²) in [7, 11) is 0. The van der Waals surface area contributed by atoms with Crippen molar-refractivity contribution >= 4 is 0 Å². The highest BCUT2D eigenvalue weighted by Crippen LogP contribution is 2.19. The number of nitrogens with one attached hydrogen (secondary N) is 1. The first-order valence-corrected chi connectivity index (χ1v) is 6.47. The van der Waals surface area contributed by atoms with Crippen LogP contribution < -0.4 is 11.1 Å². The van der Waals surface area contributed by atoms with Crippen LogP contribution in [0.25, 0.3) is 0 Å². The lowest BCUT2D eigenvalue weighted by Gasteiger charge is -2.30. The Kier molecular flexibility index (Phi) is 4.51. The number of piperidine rings is 1. The van der Waals surface area contributed by atoms with E-state index in [1.165, 1.54) is 37.0 Å². The van der Waals surface area contributed by atoms with Crippen molar-refractivity contribution in [3.8, 4) is 0 Å². The van der Waals surface area contributed by atoms with Crippen LogP contribution in [-0.2, 0) is 6.42 Å². The van der Waals surface area contributed by atoms with E-state index in [1.807, 2.05) is 12.1 Å². The average Bonchev–Trinajstić information content (AvgIpc) is 2.39. The van der Waals surface area contributed by atoms with E-state index >= 15 is 0 Å². The van der Waals surface area contributed by atoms with Crippen LogP contribution in [0.5, 0.6) is 0 Å². The van der Waals surface area contributed by atoms with Gasteiger partial charge in [0, 0.05) is 6.04 Å². The third kappa shape index (κ3) is 3.51. The summed E-state index contributed by atoms with van der Waals surface area (Å²) in [6.07, 6.45) is 4.71. The standard InChI is InChI=1S/C14H21FN2/c15-13-6-4-11(5-7-13)9-12(10-16)14-3-1-2-8-17-14/h4-7,12,14,17H,1-3,8-10,16H2/t12-,14-/m1/s1. The number of hydrogen-bond acceptors (Lipinski definition) is 2. The zero-order chi connectivity index (χ0) is 12.1. The minimum Gasteiger partial charge on any atom is -0.330 e. The molecule has 94 valence electrons. The van der Waals surface area contributed by atoms with E-state index in [9.17, 15) is 4.39 Å². The van der Waals surface area contributed by atoms with Crippen LogP contribution in [-0.4, -0.2) is 19.1 Å². The number of nitrogens with two attached hydrogens (primary N) is 1. The normalized spacial score (nSPS) is 22.4. The molecule has 1 aromatic carbocycles. The van der Waals surface area contributed by atoms with E-state index in [4.69, 9.17) is 5.73 Å². The van der Waals surface area contributed by atoms with Crippen molar-refractivity contribution in [3.05, 3.63) is 35.6 Å². The van der Waals surface area contributed by atoms with E-state index in [0.717, 1.165) is 13.0 Å². The molecular weight excluding hydrogens is 215 g/mol. The molecule has 3 N–H and O–H groups in total. The maximum Gasteiger partial charge on any atom is 0.123 e. The van der Waals surface area contributed by atoms with Crippen LogP contribution in [0.1, 0.15) is 24.8 Å². The highest BCUT2D eigenvalue weighted by molar-refractivity contribution is 5.17. The Morgan fingerprint density at radius 3 is 2.65 bits per heavy atom. The van der Waals surface area contributed by atoms with Crippen LogP contribution in [0.3, 0.4) is 0 Å². The van der Waals surface area contributed by atoms with E-state index in [0.29, 0.717) is 18.5 Å². The summed E-state index contributed by atoms with van der Waals surface area (Å²) < 4.78 is 12.8. The fraction of sp³-hybridized carbons (Fsp3) is 0.571. The molecule has 0 radical (unpaired) electrons. The molecule has 1 saturated heterocycles. The van der Waals surface area contributed by atoms with Gasteiger partial charge in [0.1, 0.15) is 5.82 Å². The molecule has 1 heterocycles. The molecule has 1 fully saturated rings. The highest BCUT2D eigenvalue weighted by atomic mass is 19.1. The summed E-state index contributed by atoms with van der Waals surface area (Å²) in [6.45, 7) is 1.79. The fourth-order valence-corrected chi connectivity index (χ4v) is 2.59. The number of benzene rings is 1. The molecule has 2 rings (SSSR count). The molecule has 17 heavy (non-hydrogen) atoms. The first kappa shape index (κ1) is 12.5. The lowest BCUT2D eigenvalue weighted by Crippen LogP contribution is -2.43. The van der Waals surface area contributed by atoms with Gasteiger partial charge < -0.3 is 11.1 Å². The summed E-state index contributed by atoms with van der Waals surface area (Å²) in [5.41, 5.74) is 7.04. The molecule has 1 aliphatic rings. The Morgan fingerprint density at radius 1 is 1.29 bits per heavy atom. The molecule has 2 atom stereocenters. The van der Waals surface area contributed by atoms with Crippen molar-refractivity contribution in [1.82, 2.24) is 5.32 Å². The molecule has 0 bridgehead atoms. The van der Waals surface area contributed by atoms with E-state index in [1.54, 1.807) is 0 Å². The van der Waals surface area contributed by atoms with E-state index in [2.05, 4.69) is 5.32 Å². The molecule has 0 saturated carbocycles. The van der Waals surface area contributed by atoms with Crippen LogP contribution in [0, 0.1) is 11.7 Å². The van der Waals surface area contributed by atoms with Gasteiger partial charge in [-0.05, 0) is 56.0 Å². The SMILES string of the molecule is NC[C@@H](Cc1ccc(F)cc1)[C@H]1CCCCN1. The number of halogens is 1. The van der Waals surface area contributed by atoms with Gasteiger partial charge in [-0.3, -0.25) is 0 Å². The summed E-state index contributed by atoms with van der Waals surface area (Å²) >= 11 is 0. The van der Waals surface area contributed by atoms with Crippen LogP contribution in [0.4, 0.5) is 4.39 Å². The molecule has 0 amide bonds. The predicted octanol–water partition coefficient (Wildman–Crippen LogP) is 2.09. The van der Waals surface area contributed by atoms with Gasteiger partial charge in [-0.1, -0.05) is 18.6 Å². The number of rotatable bonds is 4. The highest BCUT2D eigenvalue weighted by Gasteiger charge is 2.22. The predicted molar refractivity (Wildman–Crippen MR) is 68.3 cm³/mol. The zero-order valence-corrected chi connectivity index (χ0v) is 10.2. The van der Waals surface area contributed by atoms with Gasteiger partial charge in [-0.25, -0.2) is 4.39 Å². The topological polar surface area (TPSA) is 38.0 Å². The maximum absolute atomic E-state index is 12.8. The molecule has 0 aromatic heterocycles. The van der Waals surface area contributed by atoms with Crippen LogP contribution in [0.2, 0.25) is 0 Å². The van der Waals surface area contributed by atoms with Crippen molar-refractivity contribution in [2.24, 2.45) is 11.7 Å². The van der Waals surface area contributed by atoms with Crippen LogP contribution >= 0.6 is 0 Å². The lowest BCUT2D eigenvalue weighted by molar-refractivity contribution is 0.297. The third-order valence-electron chi connectivity index (χ3n) is 3.63. The summed E-state index contributed by atoms with van der Waals surface area (Å²) in [6, 6.07) is 7.30. The third-order valence-corrected chi connectivity index (χ3v) is 3.63. The second-order valence-electron chi connectivity index (χ2n) is 4.88. The Hall–Kier alpha value is -0.930. The average molecular weight is 236 g/mol. The van der Waals surface area contributed by atoms with Crippen molar-refractivity contribution < 1.29 is 4.39 Å². The molecule has 2 nitrogen and oxygen atoms in total. The first-order valence-electron chi connectivity index (χ1n) is 6.47. The summed E-state index contributed by atoms with van der Waals surface area (Å²) in [5, 5.41) is 3.55. The monoisotopic (exact) mass is 236 g/mol. The molecule has 1 aliphatic heterocycles. The fourth-order valence-electron chi connectivity index (χ4n) is 2.59. The molecule has 0 unspecified atom stereocenters. The Bertz CT molecular complexity index is 331. The van der Waals surface area contributed by atoms with Gasteiger partial charge in [-0.15, -0.1) is 0 Å². The van der Waals surface area contributed by atoms with Crippen molar-refractivity contribution in [1.29, 1.82) is 0 Å². The smallest absolute Gasteiger partial charge is 0.123 e. The molecule has 1 aromatic rings. The molecule has 0 spiro atoms. The first-order chi connectivity index (χ1) is 8.29. The minimum absolute atomic E-state index is 0.172. The molecule has 3 heteroatoms. The van der Waals surface area contributed by atoms with E-state index < -0.39 is 0 Å². The van der Waals surface area contributed by atoms with Gasteiger partial charge in [0.2, 0.25) is 0 Å². The van der Waals surface area contributed by atoms with Crippen molar-refractivity contribution in [2.45, 2.75) is 31.7 Å². The Labute approximate surface area is 102 Å². The minimum atomic E-state index is -0.172. The molecule has 0 aliphatic carbocycles. The quantitative estimate of drug-likeness (QED) is 0.840. The van der Waals surface area contributed by atoms with Crippen LogP contribution in [0.15, 0.2) is 24.3 Å². The molecular formula is C14H21FN2. The number of hydrogen-bond donors (Lipinski definition) is 2. The summed E-state index contributed by atoms with van der Waals surface area (Å²) in [4.78, 5) is 0. The maximum atomic E-state index is 12.8. The summed E-state index contributed by atoms with van der Waals surface area (Å²) in [5.74, 6) is 0.287. The van der Waals surface area contributed by atoms with Gasteiger partial charge in [-0.2, -0.15) is 0 Å². The zero-order valence-electron chi connectivity index (χ0n) is 10.2. The van der Waals surface area contributed by atoms with Gasteiger partial charge in [0.15, 0.2) is 0 Å². The van der Waals surface area contributed by atoms with Gasteiger partial charge in [0.05, 0.1) is 0 Å². The second-order valence-corrected chi connectivity index (χ2v) is 4.88. The Balaban J connectivity index is 1.96. The van der Waals surface area contributed by atoms with Crippen molar-refractivity contribution in [3.63, 3.8) is 0 Å². The largest absolute Gasteiger partial charge is 0.330 e. The Morgan fingerprint density at radius 2 is 2.06 bits per heavy atom. The van der Waals surface area contributed by atoms with Gasteiger partial charge in [0.25, 0.3) is 0 Å². The second kappa shape index (κ2) is 6.12. The van der Waals surface area contributed by atoms with Gasteiger partial charge >= 0.3 is 0 Å². The lowest BCUT2D eigenvalue weighted by atomic mass is 9.87.